The van der Waals surface area contributed by atoms with Crippen LogP contribution >= 0.6 is 24.0 Å². The number of amides is 1. The standard InChI is InChI=1S/C17H24N4O.HI/c1-3-10-19-17(18-4-2)20-12-16(22)21-11-9-14-7-5-6-8-15(14)13-21;/h3,5-8H,1,4,9-13H2,2H3,(H2,18,19,20);1H. The zero-order valence-corrected chi connectivity index (χ0v) is 15.9. The van der Waals surface area contributed by atoms with Gasteiger partial charge in [0.25, 0.3) is 0 Å². The maximum atomic E-state index is 12.3. The monoisotopic (exact) mass is 428 g/mol. The van der Waals surface area contributed by atoms with Crippen LogP contribution in [-0.4, -0.2) is 42.9 Å². The third-order valence-electron chi connectivity index (χ3n) is 3.61. The first-order valence-electron chi connectivity index (χ1n) is 7.72. The van der Waals surface area contributed by atoms with Gasteiger partial charge in [0.05, 0.1) is 0 Å². The minimum Gasteiger partial charge on any atom is -0.357 e. The minimum atomic E-state index is 0. The summed E-state index contributed by atoms with van der Waals surface area (Å²) in [5.74, 6) is 0.707. The fourth-order valence-electron chi connectivity index (χ4n) is 2.47. The molecule has 5 nitrogen and oxygen atoms in total. The van der Waals surface area contributed by atoms with E-state index in [4.69, 9.17) is 0 Å². The van der Waals surface area contributed by atoms with Crippen LogP contribution in [0.2, 0.25) is 0 Å². The number of carbonyl (C=O) groups excluding carboxylic acids is 1. The number of hydrogen-bond donors (Lipinski definition) is 2. The number of benzene rings is 1. The first-order valence-corrected chi connectivity index (χ1v) is 7.72. The highest BCUT2D eigenvalue weighted by molar-refractivity contribution is 14.0. The summed E-state index contributed by atoms with van der Waals surface area (Å²) in [4.78, 5) is 18.5. The van der Waals surface area contributed by atoms with Crippen molar-refractivity contribution in [3.63, 3.8) is 0 Å². The van der Waals surface area contributed by atoms with Crippen LogP contribution < -0.4 is 10.6 Å². The van der Waals surface area contributed by atoms with E-state index in [-0.39, 0.29) is 36.4 Å². The van der Waals surface area contributed by atoms with Crippen molar-refractivity contribution in [2.24, 2.45) is 4.99 Å². The number of fused-ring (bicyclic) bond motifs is 1. The van der Waals surface area contributed by atoms with Gasteiger partial charge in [0.1, 0.15) is 6.54 Å². The van der Waals surface area contributed by atoms with Crippen LogP contribution in [0.3, 0.4) is 0 Å². The van der Waals surface area contributed by atoms with Gasteiger partial charge in [0, 0.05) is 26.2 Å². The van der Waals surface area contributed by atoms with Gasteiger partial charge < -0.3 is 15.5 Å². The molecule has 1 aliphatic rings. The number of nitrogens with one attached hydrogen (secondary N) is 2. The van der Waals surface area contributed by atoms with Crippen molar-refractivity contribution < 1.29 is 4.79 Å². The SMILES string of the molecule is C=CCNC(=NCC(=O)N1CCc2ccccc2C1)NCC.I. The van der Waals surface area contributed by atoms with Crippen LogP contribution in [0.25, 0.3) is 0 Å². The second-order valence-electron chi connectivity index (χ2n) is 5.20. The second-order valence-corrected chi connectivity index (χ2v) is 5.20. The Hall–Kier alpha value is -1.57. The Bertz CT molecular complexity index is 559. The predicted octanol–water partition coefficient (Wildman–Crippen LogP) is 1.93. The summed E-state index contributed by atoms with van der Waals surface area (Å²) in [6, 6.07) is 8.30. The molecule has 0 saturated carbocycles. The Kier molecular flexibility index (Phi) is 8.68. The molecule has 126 valence electrons. The van der Waals surface area contributed by atoms with Crippen LogP contribution in [0.4, 0.5) is 0 Å². The van der Waals surface area contributed by atoms with E-state index in [0.717, 1.165) is 19.5 Å². The molecule has 0 spiro atoms. The molecule has 1 amide bonds. The number of guanidine groups is 1. The molecule has 1 aliphatic heterocycles. The summed E-state index contributed by atoms with van der Waals surface area (Å²) in [6.07, 6.45) is 2.68. The Labute approximate surface area is 155 Å². The topological polar surface area (TPSA) is 56.7 Å². The number of aliphatic imine (C=N–C) groups is 1. The summed E-state index contributed by atoms with van der Waals surface area (Å²) in [6.45, 7) is 8.65. The van der Waals surface area contributed by atoms with Gasteiger partial charge in [-0.3, -0.25) is 4.79 Å². The summed E-state index contributed by atoms with van der Waals surface area (Å²) in [5.41, 5.74) is 2.58. The summed E-state index contributed by atoms with van der Waals surface area (Å²) < 4.78 is 0. The number of rotatable bonds is 5. The van der Waals surface area contributed by atoms with E-state index in [2.05, 4.69) is 40.4 Å². The van der Waals surface area contributed by atoms with Gasteiger partial charge in [0.15, 0.2) is 5.96 Å². The van der Waals surface area contributed by atoms with Crippen LogP contribution in [0.5, 0.6) is 0 Å². The lowest BCUT2D eigenvalue weighted by molar-refractivity contribution is -0.130. The molecule has 1 aromatic rings. The van der Waals surface area contributed by atoms with Crippen molar-refractivity contribution >= 4 is 35.8 Å². The lowest BCUT2D eigenvalue weighted by Gasteiger charge is -2.28. The molecule has 1 heterocycles. The molecule has 0 atom stereocenters. The smallest absolute Gasteiger partial charge is 0.244 e. The van der Waals surface area contributed by atoms with E-state index in [1.54, 1.807) is 6.08 Å². The van der Waals surface area contributed by atoms with E-state index in [1.807, 2.05) is 17.9 Å². The minimum absolute atomic E-state index is 0. The van der Waals surface area contributed by atoms with Gasteiger partial charge in [-0.2, -0.15) is 0 Å². The van der Waals surface area contributed by atoms with Crippen molar-refractivity contribution in [3.8, 4) is 0 Å². The van der Waals surface area contributed by atoms with Gasteiger partial charge in [-0.1, -0.05) is 30.3 Å². The average molecular weight is 428 g/mol. The Morgan fingerprint density at radius 3 is 2.78 bits per heavy atom. The molecule has 0 saturated heterocycles. The van der Waals surface area contributed by atoms with Crippen molar-refractivity contribution in [1.82, 2.24) is 15.5 Å². The van der Waals surface area contributed by atoms with E-state index in [1.165, 1.54) is 11.1 Å². The van der Waals surface area contributed by atoms with Crippen molar-refractivity contribution in [2.75, 3.05) is 26.2 Å². The molecule has 0 unspecified atom stereocenters. The number of hydrogen-bond acceptors (Lipinski definition) is 2. The van der Waals surface area contributed by atoms with E-state index < -0.39 is 0 Å². The maximum Gasteiger partial charge on any atom is 0.244 e. The highest BCUT2D eigenvalue weighted by atomic mass is 127. The van der Waals surface area contributed by atoms with Crippen LogP contribution in [0.1, 0.15) is 18.1 Å². The highest BCUT2D eigenvalue weighted by Crippen LogP contribution is 2.18. The molecule has 0 bridgehead atoms. The summed E-state index contributed by atoms with van der Waals surface area (Å²) in [7, 11) is 0. The Morgan fingerprint density at radius 2 is 2.09 bits per heavy atom. The lowest BCUT2D eigenvalue weighted by Crippen LogP contribution is -2.40. The van der Waals surface area contributed by atoms with Crippen molar-refractivity contribution in [3.05, 3.63) is 48.0 Å². The molecule has 1 aromatic carbocycles. The number of halogens is 1. The molecule has 2 N–H and O–H groups in total. The highest BCUT2D eigenvalue weighted by Gasteiger charge is 2.19. The number of carbonyl (C=O) groups is 1. The Balaban J connectivity index is 0.00000264. The molecule has 0 aromatic heterocycles. The largest absolute Gasteiger partial charge is 0.357 e. The quantitative estimate of drug-likeness (QED) is 0.326. The molecular formula is C17H25IN4O. The molecule has 2 rings (SSSR count). The van der Waals surface area contributed by atoms with Crippen molar-refractivity contribution in [1.29, 1.82) is 0 Å². The first-order chi connectivity index (χ1) is 10.7. The third-order valence-corrected chi connectivity index (χ3v) is 3.61. The molecule has 0 aliphatic carbocycles. The fraction of sp³-hybridized carbons (Fsp3) is 0.412. The fourth-order valence-corrected chi connectivity index (χ4v) is 2.47. The normalized spacial score (nSPS) is 13.6. The Morgan fingerprint density at radius 1 is 1.35 bits per heavy atom. The summed E-state index contributed by atoms with van der Waals surface area (Å²) >= 11 is 0. The maximum absolute atomic E-state index is 12.3. The molecule has 6 heteroatoms. The van der Waals surface area contributed by atoms with Crippen LogP contribution in [0, 0.1) is 0 Å². The molecular weight excluding hydrogens is 403 g/mol. The van der Waals surface area contributed by atoms with E-state index in [0.29, 0.717) is 19.0 Å². The number of nitrogens with zero attached hydrogens (tertiary/aromatic N) is 2. The van der Waals surface area contributed by atoms with Crippen LogP contribution in [0.15, 0.2) is 41.9 Å². The third kappa shape index (κ3) is 5.85. The predicted molar refractivity (Wildman–Crippen MR) is 105 cm³/mol. The lowest BCUT2D eigenvalue weighted by atomic mass is 10.00. The second kappa shape index (κ2) is 10.3. The molecule has 23 heavy (non-hydrogen) atoms. The molecule has 0 radical (unpaired) electrons. The van der Waals surface area contributed by atoms with Crippen LogP contribution in [-0.2, 0) is 17.8 Å². The van der Waals surface area contributed by atoms with Gasteiger partial charge in [-0.25, -0.2) is 4.99 Å². The molecule has 0 fully saturated rings. The first kappa shape index (κ1) is 19.5. The van der Waals surface area contributed by atoms with Crippen molar-refractivity contribution in [2.45, 2.75) is 19.9 Å². The summed E-state index contributed by atoms with van der Waals surface area (Å²) in [5, 5.41) is 6.21. The zero-order valence-electron chi connectivity index (χ0n) is 13.5. The zero-order chi connectivity index (χ0) is 15.8. The van der Waals surface area contributed by atoms with Gasteiger partial charge in [-0.05, 0) is 24.5 Å². The van der Waals surface area contributed by atoms with Gasteiger partial charge in [0.2, 0.25) is 5.91 Å². The van der Waals surface area contributed by atoms with E-state index >= 15 is 0 Å². The van der Waals surface area contributed by atoms with Gasteiger partial charge in [-0.15, -0.1) is 30.6 Å². The van der Waals surface area contributed by atoms with E-state index in [9.17, 15) is 4.79 Å². The average Bonchev–Trinajstić information content (AvgIpc) is 2.56. The van der Waals surface area contributed by atoms with Gasteiger partial charge >= 0.3 is 0 Å².